The summed E-state index contributed by atoms with van der Waals surface area (Å²) in [4.78, 5) is 14.5. The normalized spacial score (nSPS) is 22.4. The van der Waals surface area contributed by atoms with Crippen molar-refractivity contribution in [3.8, 4) is 11.5 Å². The van der Waals surface area contributed by atoms with Crippen LogP contribution in [-0.2, 0) is 4.74 Å². The summed E-state index contributed by atoms with van der Waals surface area (Å²) in [6, 6.07) is 6.30. The standard InChI is InChI=1S/C20H27NO4/c1-20(2,3)25-19(22)21-15-7-8-16(21)11-14(10-15)13-6-9-17(23-4)18(12-13)24-5/h6,9-10,12,15-16H,7-8,11H2,1-5H3. The zero-order valence-electron chi connectivity index (χ0n) is 15.7. The Morgan fingerprint density at radius 1 is 1.12 bits per heavy atom. The highest BCUT2D eigenvalue weighted by atomic mass is 16.6. The molecule has 2 aliphatic rings. The van der Waals surface area contributed by atoms with Gasteiger partial charge < -0.3 is 14.2 Å². The van der Waals surface area contributed by atoms with Gasteiger partial charge in [-0.25, -0.2) is 4.79 Å². The van der Waals surface area contributed by atoms with Crippen LogP contribution in [0.4, 0.5) is 4.79 Å². The van der Waals surface area contributed by atoms with Gasteiger partial charge in [0.25, 0.3) is 0 Å². The van der Waals surface area contributed by atoms with Crippen molar-refractivity contribution >= 4 is 11.7 Å². The molecule has 136 valence electrons. The maximum absolute atomic E-state index is 12.5. The summed E-state index contributed by atoms with van der Waals surface area (Å²) >= 11 is 0. The van der Waals surface area contributed by atoms with Crippen LogP contribution in [0.1, 0.15) is 45.6 Å². The third-order valence-corrected chi connectivity index (χ3v) is 4.75. The predicted molar refractivity (Wildman–Crippen MR) is 97.0 cm³/mol. The highest BCUT2D eigenvalue weighted by molar-refractivity contribution is 5.76. The summed E-state index contributed by atoms with van der Waals surface area (Å²) in [5.41, 5.74) is 1.91. The average molecular weight is 345 g/mol. The van der Waals surface area contributed by atoms with Crippen LogP contribution >= 0.6 is 0 Å². The van der Waals surface area contributed by atoms with E-state index in [1.54, 1.807) is 14.2 Å². The molecule has 5 nitrogen and oxygen atoms in total. The van der Waals surface area contributed by atoms with Crippen LogP contribution in [0.3, 0.4) is 0 Å². The van der Waals surface area contributed by atoms with Crippen molar-refractivity contribution in [2.45, 2.75) is 57.7 Å². The van der Waals surface area contributed by atoms with Crippen molar-refractivity contribution in [1.29, 1.82) is 0 Å². The molecule has 2 aliphatic heterocycles. The van der Waals surface area contributed by atoms with E-state index in [1.807, 2.05) is 37.8 Å². The Balaban J connectivity index is 1.83. The van der Waals surface area contributed by atoms with Crippen molar-refractivity contribution in [2.75, 3.05) is 14.2 Å². The molecular weight excluding hydrogens is 318 g/mol. The van der Waals surface area contributed by atoms with E-state index >= 15 is 0 Å². The monoisotopic (exact) mass is 345 g/mol. The molecule has 25 heavy (non-hydrogen) atoms. The Labute approximate surface area is 149 Å². The van der Waals surface area contributed by atoms with Crippen LogP contribution in [0.25, 0.3) is 5.57 Å². The Morgan fingerprint density at radius 3 is 2.44 bits per heavy atom. The van der Waals surface area contributed by atoms with Gasteiger partial charge in [0, 0.05) is 6.04 Å². The second kappa shape index (κ2) is 6.62. The Kier molecular flexibility index (Phi) is 4.67. The molecule has 2 heterocycles. The molecule has 0 aromatic heterocycles. The van der Waals surface area contributed by atoms with Crippen LogP contribution in [0.2, 0.25) is 0 Å². The Bertz CT molecular complexity index is 689. The Morgan fingerprint density at radius 2 is 1.84 bits per heavy atom. The molecule has 0 radical (unpaired) electrons. The summed E-state index contributed by atoms with van der Waals surface area (Å²) in [6.07, 6.45) is 4.83. The molecule has 5 heteroatoms. The number of methoxy groups -OCH3 is 2. The average Bonchev–Trinajstić information content (AvgIpc) is 2.83. The molecule has 0 spiro atoms. The quantitative estimate of drug-likeness (QED) is 0.821. The zero-order valence-corrected chi connectivity index (χ0v) is 15.7. The van der Waals surface area contributed by atoms with Crippen LogP contribution in [0.15, 0.2) is 24.3 Å². The number of amides is 1. The van der Waals surface area contributed by atoms with E-state index < -0.39 is 5.60 Å². The first kappa shape index (κ1) is 17.6. The third kappa shape index (κ3) is 3.60. The minimum atomic E-state index is -0.468. The van der Waals surface area contributed by atoms with E-state index in [-0.39, 0.29) is 18.2 Å². The molecule has 0 aliphatic carbocycles. The molecular formula is C20H27NO4. The fourth-order valence-electron chi connectivity index (χ4n) is 3.68. The number of nitrogens with zero attached hydrogens (tertiary/aromatic N) is 1. The first-order valence-corrected chi connectivity index (χ1v) is 8.77. The van der Waals surface area contributed by atoms with E-state index in [1.165, 1.54) is 5.57 Å². The topological polar surface area (TPSA) is 48.0 Å². The number of carbonyl (C=O) groups excluding carboxylic acids is 1. The lowest BCUT2D eigenvalue weighted by atomic mass is 9.94. The largest absolute Gasteiger partial charge is 0.493 e. The van der Waals surface area contributed by atoms with Gasteiger partial charge in [0.15, 0.2) is 11.5 Å². The van der Waals surface area contributed by atoms with Crippen molar-refractivity contribution in [3.63, 3.8) is 0 Å². The van der Waals surface area contributed by atoms with Crippen LogP contribution in [0, 0.1) is 0 Å². The molecule has 3 rings (SSSR count). The maximum atomic E-state index is 12.5. The molecule has 2 unspecified atom stereocenters. The summed E-state index contributed by atoms with van der Waals surface area (Å²) in [6.45, 7) is 5.71. The lowest BCUT2D eigenvalue weighted by molar-refractivity contribution is 0.0175. The van der Waals surface area contributed by atoms with E-state index in [9.17, 15) is 4.79 Å². The second-order valence-electron chi connectivity index (χ2n) is 7.65. The predicted octanol–water partition coefficient (Wildman–Crippen LogP) is 4.26. The number of benzene rings is 1. The number of ether oxygens (including phenoxy) is 3. The van der Waals surface area contributed by atoms with Crippen molar-refractivity contribution in [1.82, 2.24) is 4.90 Å². The smallest absolute Gasteiger partial charge is 0.411 e. The van der Waals surface area contributed by atoms with Gasteiger partial charge in [-0.15, -0.1) is 0 Å². The number of rotatable bonds is 3. The SMILES string of the molecule is COc1ccc(C2=CC3CCC(C2)N3C(=O)OC(C)(C)C)cc1OC. The zero-order chi connectivity index (χ0) is 18.2. The van der Waals surface area contributed by atoms with E-state index in [2.05, 4.69) is 12.1 Å². The van der Waals surface area contributed by atoms with Gasteiger partial charge >= 0.3 is 6.09 Å². The van der Waals surface area contributed by atoms with E-state index in [0.717, 1.165) is 36.3 Å². The number of fused-ring (bicyclic) bond motifs is 2. The van der Waals surface area contributed by atoms with Crippen molar-refractivity contribution < 1.29 is 19.0 Å². The molecule has 1 aromatic carbocycles. The second-order valence-corrected chi connectivity index (χ2v) is 7.65. The van der Waals surface area contributed by atoms with Gasteiger partial charge in [0.05, 0.1) is 20.3 Å². The van der Waals surface area contributed by atoms with Gasteiger partial charge in [-0.2, -0.15) is 0 Å². The fourth-order valence-corrected chi connectivity index (χ4v) is 3.68. The molecule has 2 bridgehead atoms. The van der Waals surface area contributed by atoms with Crippen LogP contribution in [-0.4, -0.2) is 42.9 Å². The van der Waals surface area contributed by atoms with Crippen LogP contribution < -0.4 is 9.47 Å². The summed E-state index contributed by atoms with van der Waals surface area (Å²) in [5.74, 6) is 1.45. The first-order valence-electron chi connectivity index (χ1n) is 8.77. The number of hydrogen-bond acceptors (Lipinski definition) is 4. The van der Waals surface area contributed by atoms with E-state index in [4.69, 9.17) is 14.2 Å². The lowest BCUT2D eigenvalue weighted by Crippen LogP contribution is -2.45. The molecule has 1 amide bonds. The highest BCUT2D eigenvalue weighted by Crippen LogP contribution is 2.41. The summed E-state index contributed by atoms with van der Waals surface area (Å²) in [5, 5.41) is 0. The number of hydrogen-bond donors (Lipinski definition) is 0. The third-order valence-electron chi connectivity index (χ3n) is 4.75. The number of carbonyl (C=O) groups is 1. The van der Waals surface area contributed by atoms with Gasteiger partial charge in [0.1, 0.15) is 5.60 Å². The van der Waals surface area contributed by atoms with Gasteiger partial charge in [-0.05, 0) is 63.3 Å². The van der Waals surface area contributed by atoms with E-state index in [0.29, 0.717) is 0 Å². The molecule has 1 aromatic rings. The first-order chi connectivity index (χ1) is 11.8. The van der Waals surface area contributed by atoms with Gasteiger partial charge in [-0.1, -0.05) is 12.1 Å². The molecule has 1 saturated heterocycles. The molecule has 0 saturated carbocycles. The highest BCUT2D eigenvalue weighted by Gasteiger charge is 2.41. The minimum absolute atomic E-state index is 0.108. The van der Waals surface area contributed by atoms with Crippen molar-refractivity contribution in [3.05, 3.63) is 29.8 Å². The Hall–Kier alpha value is -2.17. The molecule has 0 N–H and O–H groups in total. The fraction of sp³-hybridized carbons (Fsp3) is 0.550. The summed E-state index contributed by atoms with van der Waals surface area (Å²) < 4.78 is 16.3. The summed E-state index contributed by atoms with van der Waals surface area (Å²) in [7, 11) is 3.28. The van der Waals surface area contributed by atoms with Crippen LogP contribution in [0.5, 0.6) is 11.5 Å². The minimum Gasteiger partial charge on any atom is -0.493 e. The van der Waals surface area contributed by atoms with Gasteiger partial charge in [0.2, 0.25) is 0 Å². The lowest BCUT2D eigenvalue weighted by Gasteiger charge is -2.35. The maximum Gasteiger partial charge on any atom is 0.411 e. The molecule has 1 fully saturated rings. The van der Waals surface area contributed by atoms with Gasteiger partial charge in [-0.3, -0.25) is 4.90 Å². The van der Waals surface area contributed by atoms with Crippen molar-refractivity contribution in [2.24, 2.45) is 0 Å². The molecule has 2 atom stereocenters.